The zero-order valence-electron chi connectivity index (χ0n) is 15.1. The first-order valence-corrected chi connectivity index (χ1v) is 9.18. The largest absolute Gasteiger partial charge is 0.360 e. The van der Waals surface area contributed by atoms with Gasteiger partial charge in [0, 0.05) is 48.9 Å². The third-order valence-corrected chi connectivity index (χ3v) is 5.16. The molecule has 1 aliphatic rings. The standard InChI is InChI=1S/C21H18N4O3/c26-19-10-14(22-21(27)23-19)11-25-9-8-18-17(12-25)20(24-28-18)16-7-3-5-13-4-1-2-6-15(13)16/h1-7,10H,8-9,11-12H2,(H2,22,23,26,27). The zero-order chi connectivity index (χ0) is 19.1. The van der Waals surface area contributed by atoms with Gasteiger partial charge in [0.15, 0.2) is 0 Å². The summed E-state index contributed by atoms with van der Waals surface area (Å²) in [5.74, 6) is 0.901. The van der Waals surface area contributed by atoms with Crippen molar-refractivity contribution < 1.29 is 4.52 Å². The van der Waals surface area contributed by atoms with E-state index in [9.17, 15) is 9.59 Å². The summed E-state index contributed by atoms with van der Waals surface area (Å²) in [6, 6.07) is 15.8. The number of hydrogen-bond acceptors (Lipinski definition) is 5. The van der Waals surface area contributed by atoms with Gasteiger partial charge < -0.3 is 9.51 Å². The fraction of sp³-hybridized carbons (Fsp3) is 0.190. The first kappa shape index (κ1) is 16.7. The second-order valence-electron chi connectivity index (χ2n) is 7.03. The van der Waals surface area contributed by atoms with Crippen molar-refractivity contribution in [3.05, 3.63) is 86.4 Å². The summed E-state index contributed by atoms with van der Waals surface area (Å²) in [6.45, 7) is 1.90. The van der Waals surface area contributed by atoms with Gasteiger partial charge in [-0.2, -0.15) is 0 Å². The fourth-order valence-electron chi connectivity index (χ4n) is 3.89. The molecule has 5 rings (SSSR count). The highest BCUT2D eigenvalue weighted by Gasteiger charge is 2.25. The summed E-state index contributed by atoms with van der Waals surface area (Å²) in [4.78, 5) is 30.1. The Kier molecular flexibility index (Phi) is 3.95. The first-order chi connectivity index (χ1) is 13.7. The molecule has 0 saturated heterocycles. The molecule has 0 unspecified atom stereocenters. The lowest BCUT2D eigenvalue weighted by Crippen LogP contribution is -2.32. The van der Waals surface area contributed by atoms with Gasteiger partial charge in [-0.05, 0) is 10.8 Å². The Labute approximate surface area is 159 Å². The van der Waals surface area contributed by atoms with Gasteiger partial charge in [0.25, 0.3) is 5.56 Å². The normalized spacial score (nSPS) is 14.3. The highest BCUT2D eigenvalue weighted by molar-refractivity contribution is 5.96. The van der Waals surface area contributed by atoms with E-state index in [1.165, 1.54) is 6.07 Å². The van der Waals surface area contributed by atoms with Crippen molar-refractivity contribution in [3.8, 4) is 11.3 Å². The summed E-state index contributed by atoms with van der Waals surface area (Å²) < 4.78 is 5.64. The second kappa shape index (κ2) is 6.61. The van der Waals surface area contributed by atoms with Crippen LogP contribution in [0.1, 0.15) is 17.0 Å². The molecule has 1 aliphatic heterocycles. The van der Waals surface area contributed by atoms with E-state index < -0.39 is 11.2 Å². The van der Waals surface area contributed by atoms with Crippen LogP contribution >= 0.6 is 0 Å². The van der Waals surface area contributed by atoms with Crippen LogP contribution in [0.2, 0.25) is 0 Å². The lowest BCUT2D eigenvalue weighted by atomic mass is 9.97. The molecule has 7 nitrogen and oxygen atoms in total. The lowest BCUT2D eigenvalue weighted by Gasteiger charge is -2.25. The van der Waals surface area contributed by atoms with E-state index in [0.717, 1.165) is 46.3 Å². The number of nitrogens with zero attached hydrogens (tertiary/aromatic N) is 2. The van der Waals surface area contributed by atoms with E-state index in [1.807, 2.05) is 18.2 Å². The summed E-state index contributed by atoms with van der Waals surface area (Å²) in [6.07, 6.45) is 0.737. The van der Waals surface area contributed by atoms with Crippen LogP contribution in [0.25, 0.3) is 22.0 Å². The Morgan fingerprint density at radius 2 is 1.93 bits per heavy atom. The molecule has 0 spiro atoms. The predicted molar refractivity (Wildman–Crippen MR) is 105 cm³/mol. The molecule has 2 aromatic heterocycles. The maximum Gasteiger partial charge on any atom is 0.325 e. The number of H-pyrrole nitrogens is 2. The molecule has 0 atom stereocenters. The number of benzene rings is 2. The Balaban J connectivity index is 1.50. The van der Waals surface area contributed by atoms with E-state index in [0.29, 0.717) is 18.8 Å². The molecule has 0 aliphatic carbocycles. The molecule has 140 valence electrons. The van der Waals surface area contributed by atoms with Crippen molar-refractivity contribution in [3.63, 3.8) is 0 Å². The van der Waals surface area contributed by atoms with Crippen LogP contribution < -0.4 is 11.2 Å². The van der Waals surface area contributed by atoms with Gasteiger partial charge in [-0.25, -0.2) is 4.79 Å². The van der Waals surface area contributed by atoms with Crippen LogP contribution in [0.5, 0.6) is 0 Å². The van der Waals surface area contributed by atoms with Gasteiger partial charge in [0.1, 0.15) is 11.5 Å². The molecule has 2 aromatic carbocycles. The third-order valence-electron chi connectivity index (χ3n) is 5.16. The van der Waals surface area contributed by atoms with Crippen LogP contribution in [-0.2, 0) is 19.5 Å². The third kappa shape index (κ3) is 2.95. The number of aromatic nitrogens is 3. The summed E-state index contributed by atoms with van der Waals surface area (Å²) in [5.41, 5.74) is 2.69. The van der Waals surface area contributed by atoms with E-state index >= 15 is 0 Å². The highest BCUT2D eigenvalue weighted by atomic mass is 16.5. The van der Waals surface area contributed by atoms with Gasteiger partial charge in [0.05, 0.1) is 0 Å². The van der Waals surface area contributed by atoms with Gasteiger partial charge in [-0.3, -0.25) is 14.7 Å². The maximum absolute atomic E-state index is 11.6. The molecule has 3 heterocycles. The van der Waals surface area contributed by atoms with Crippen molar-refractivity contribution in [1.29, 1.82) is 0 Å². The van der Waals surface area contributed by atoms with Crippen LogP contribution in [0.15, 0.2) is 62.6 Å². The van der Waals surface area contributed by atoms with Crippen molar-refractivity contribution in [2.45, 2.75) is 19.5 Å². The highest BCUT2D eigenvalue weighted by Crippen LogP contribution is 2.34. The van der Waals surface area contributed by atoms with Crippen molar-refractivity contribution >= 4 is 10.8 Å². The average Bonchev–Trinajstić information content (AvgIpc) is 3.10. The van der Waals surface area contributed by atoms with Gasteiger partial charge in [-0.1, -0.05) is 47.6 Å². The second-order valence-corrected chi connectivity index (χ2v) is 7.03. The minimum Gasteiger partial charge on any atom is -0.360 e. The number of rotatable bonds is 3. The molecular weight excluding hydrogens is 356 g/mol. The fourth-order valence-corrected chi connectivity index (χ4v) is 3.89. The smallest absolute Gasteiger partial charge is 0.325 e. The molecule has 0 radical (unpaired) electrons. The van der Waals surface area contributed by atoms with Gasteiger partial charge >= 0.3 is 5.69 Å². The van der Waals surface area contributed by atoms with Crippen LogP contribution in [0.3, 0.4) is 0 Å². The summed E-state index contributed by atoms with van der Waals surface area (Å²) >= 11 is 0. The molecule has 0 amide bonds. The predicted octanol–water partition coefficient (Wildman–Crippen LogP) is 2.43. The van der Waals surface area contributed by atoms with E-state index in [2.05, 4.69) is 44.3 Å². The van der Waals surface area contributed by atoms with Crippen LogP contribution in [-0.4, -0.2) is 26.6 Å². The Morgan fingerprint density at radius 1 is 1.07 bits per heavy atom. The monoisotopic (exact) mass is 374 g/mol. The first-order valence-electron chi connectivity index (χ1n) is 9.18. The molecule has 0 fully saturated rings. The van der Waals surface area contributed by atoms with Crippen molar-refractivity contribution in [2.24, 2.45) is 0 Å². The Bertz CT molecular complexity index is 1250. The minimum atomic E-state index is -0.485. The van der Waals surface area contributed by atoms with Crippen LogP contribution in [0, 0.1) is 0 Å². The van der Waals surface area contributed by atoms with Gasteiger partial charge in [0.2, 0.25) is 0 Å². The number of fused-ring (bicyclic) bond motifs is 2. The summed E-state index contributed by atoms with van der Waals surface area (Å²) in [7, 11) is 0. The van der Waals surface area contributed by atoms with Crippen molar-refractivity contribution in [1.82, 2.24) is 20.0 Å². The average molecular weight is 374 g/mol. The SMILES string of the molecule is O=c1cc(CN2CCc3onc(-c4cccc5ccccc45)c3C2)[nH]c(=O)[nH]1. The van der Waals surface area contributed by atoms with Crippen LogP contribution in [0.4, 0.5) is 0 Å². The Morgan fingerprint density at radius 3 is 2.82 bits per heavy atom. The number of aromatic amines is 2. The molecule has 4 aromatic rings. The van der Waals surface area contributed by atoms with Gasteiger partial charge in [-0.15, -0.1) is 0 Å². The zero-order valence-corrected chi connectivity index (χ0v) is 15.1. The maximum atomic E-state index is 11.6. The number of hydrogen-bond donors (Lipinski definition) is 2. The van der Waals surface area contributed by atoms with Crippen molar-refractivity contribution in [2.75, 3.05) is 6.54 Å². The molecule has 0 saturated carbocycles. The number of nitrogens with one attached hydrogen (secondary N) is 2. The molecule has 0 bridgehead atoms. The molecule has 28 heavy (non-hydrogen) atoms. The van der Waals surface area contributed by atoms with E-state index in [4.69, 9.17) is 4.52 Å². The quantitative estimate of drug-likeness (QED) is 0.574. The molecular formula is C21H18N4O3. The summed E-state index contributed by atoms with van der Waals surface area (Å²) in [5, 5.41) is 6.67. The Hall–Kier alpha value is -3.45. The molecule has 2 N–H and O–H groups in total. The van der Waals surface area contributed by atoms with E-state index in [-0.39, 0.29) is 0 Å². The molecule has 7 heteroatoms. The van der Waals surface area contributed by atoms with E-state index in [1.54, 1.807) is 0 Å². The minimum absolute atomic E-state index is 0.391. The lowest BCUT2D eigenvalue weighted by molar-refractivity contribution is 0.226. The topological polar surface area (TPSA) is 95.0 Å².